The van der Waals surface area contributed by atoms with Crippen LogP contribution in [0.15, 0.2) is 42.6 Å². The van der Waals surface area contributed by atoms with E-state index >= 15 is 0 Å². The third-order valence-electron chi connectivity index (χ3n) is 3.93. The van der Waals surface area contributed by atoms with Crippen molar-refractivity contribution < 1.29 is 4.79 Å². The monoisotopic (exact) mass is 315 g/mol. The Labute approximate surface area is 134 Å². The van der Waals surface area contributed by atoms with E-state index in [0.717, 1.165) is 18.8 Å². The maximum Gasteiger partial charge on any atom is 0.255 e. The molecule has 2 N–H and O–H groups in total. The number of halogens is 1. The number of anilines is 1. The molecule has 1 fully saturated rings. The Morgan fingerprint density at radius 1 is 1.27 bits per heavy atom. The number of piperidine rings is 1. The number of hydrogen-bond acceptors (Lipinski definition) is 3. The van der Waals surface area contributed by atoms with Crippen molar-refractivity contribution in [2.75, 3.05) is 18.4 Å². The third-order valence-corrected chi connectivity index (χ3v) is 4.13. The third kappa shape index (κ3) is 3.64. The van der Waals surface area contributed by atoms with E-state index in [1.165, 1.54) is 24.6 Å². The summed E-state index contributed by atoms with van der Waals surface area (Å²) in [5.41, 5.74) is 2.60. The summed E-state index contributed by atoms with van der Waals surface area (Å²) in [5.74, 6) is 0.383. The van der Waals surface area contributed by atoms with Crippen LogP contribution in [-0.2, 0) is 0 Å². The van der Waals surface area contributed by atoms with Crippen LogP contribution in [0.4, 0.5) is 5.69 Å². The fraction of sp³-hybridized carbons (Fsp3) is 0.294. The smallest absolute Gasteiger partial charge is 0.255 e. The van der Waals surface area contributed by atoms with Gasteiger partial charge in [0.1, 0.15) is 5.15 Å². The Hall–Kier alpha value is -1.91. The highest BCUT2D eigenvalue weighted by molar-refractivity contribution is 6.29. The molecule has 1 aromatic heterocycles. The van der Waals surface area contributed by atoms with Gasteiger partial charge in [-0.3, -0.25) is 4.79 Å². The number of hydrogen-bond donors (Lipinski definition) is 2. The predicted octanol–water partition coefficient (Wildman–Crippen LogP) is 3.45. The van der Waals surface area contributed by atoms with Gasteiger partial charge in [0.25, 0.3) is 5.91 Å². The maximum absolute atomic E-state index is 12.1. The first-order chi connectivity index (χ1) is 10.7. The van der Waals surface area contributed by atoms with Crippen LogP contribution < -0.4 is 10.6 Å². The molecule has 2 aromatic rings. The van der Waals surface area contributed by atoms with E-state index in [1.54, 1.807) is 12.1 Å². The zero-order valence-corrected chi connectivity index (χ0v) is 12.9. The number of carbonyl (C=O) groups is 1. The molecule has 22 heavy (non-hydrogen) atoms. The summed E-state index contributed by atoms with van der Waals surface area (Å²) in [6.07, 6.45) is 3.95. The van der Waals surface area contributed by atoms with Gasteiger partial charge in [-0.05, 0) is 55.1 Å². The number of rotatable bonds is 3. The van der Waals surface area contributed by atoms with Crippen molar-refractivity contribution in [1.29, 1.82) is 0 Å². The lowest BCUT2D eigenvalue weighted by molar-refractivity contribution is 0.102. The first-order valence-corrected chi connectivity index (χ1v) is 7.84. The van der Waals surface area contributed by atoms with E-state index in [-0.39, 0.29) is 5.91 Å². The largest absolute Gasteiger partial charge is 0.322 e. The zero-order valence-electron chi connectivity index (χ0n) is 12.2. The highest BCUT2D eigenvalue weighted by Crippen LogP contribution is 2.24. The van der Waals surface area contributed by atoms with Crippen LogP contribution in [0.3, 0.4) is 0 Å². The number of aromatic nitrogens is 1. The second kappa shape index (κ2) is 6.90. The minimum absolute atomic E-state index is 0.184. The molecule has 1 unspecified atom stereocenters. The Balaban J connectivity index is 1.66. The van der Waals surface area contributed by atoms with Crippen molar-refractivity contribution in [2.45, 2.75) is 18.8 Å². The molecule has 114 valence electrons. The number of amides is 1. The molecule has 1 aromatic carbocycles. The lowest BCUT2D eigenvalue weighted by Crippen LogP contribution is -2.28. The average Bonchev–Trinajstić information content (AvgIpc) is 2.56. The number of benzene rings is 1. The Kier molecular flexibility index (Phi) is 4.71. The number of nitrogens with zero attached hydrogens (tertiary/aromatic N) is 1. The predicted molar refractivity (Wildman–Crippen MR) is 88.5 cm³/mol. The SMILES string of the molecule is O=C(Nc1ccc(C2CCCNC2)cc1)c1ccnc(Cl)c1. The van der Waals surface area contributed by atoms with Crippen LogP contribution in [0.2, 0.25) is 5.15 Å². The number of pyridine rings is 1. The van der Waals surface area contributed by atoms with Crippen LogP contribution in [0.5, 0.6) is 0 Å². The second-order valence-corrected chi connectivity index (χ2v) is 5.87. The van der Waals surface area contributed by atoms with Gasteiger partial charge in [-0.25, -0.2) is 4.98 Å². The van der Waals surface area contributed by atoms with Gasteiger partial charge in [0.15, 0.2) is 0 Å². The van der Waals surface area contributed by atoms with Crippen molar-refractivity contribution in [3.8, 4) is 0 Å². The Morgan fingerprint density at radius 2 is 2.09 bits per heavy atom. The summed E-state index contributed by atoms with van der Waals surface area (Å²) >= 11 is 5.80. The lowest BCUT2D eigenvalue weighted by atomic mass is 9.91. The normalized spacial score (nSPS) is 18.0. The van der Waals surface area contributed by atoms with Crippen molar-refractivity contribution >= 4 is 23.2 Å². The molecule has 2 heterocycles. The Bertz CT molecular complexity index is 651. The maximum atomic E-state index is 12.1. The quantitative estimate of drug-likeness (QED) is 0.853. The highest BCUT2D eigenvalue weighted by atomic mass is 35.5. The van der Waals surface area contributed by atoms with Crippen molar-refractivity contribution in [2.24, 2.45) is 0 Å². The van der Waals surface area contributed by atoms with E-state index in [0.29, 0.717) is 16.6 Å². The zero-order chi connectivity index (χ0) is 15.4. The van der Waals surface area contributed by atoms with E-state index in [9.17, 15) is 4.79 Å². The van der Waals surface area contributed by atoms with E-state index in [1.807, 2.05) is 12.1 Å². The van der Waals surface area contributed by atoms with Gasteiger partial charge in [0.2, 0.25) is 0 Å². The van der Waals surface area contributed by atoms with Crippen LogP contribution >= 0.6 is 11.6 Å². The summed E-state index contributed by atoms with van der Waals surface area (Å²) in [5, 5.41) is 6.61. The Morgan fingerprint density at radius 3 is 2.77 bits per heavy atom. The van der Waals surface area contributed by atoms with Gasteiger partial charge < -0.3 is 10.6 Å². The molecule has 0 saturated carbocycles. The number of carbonyl (C=O) groups excluding carboxylic acids is 1. The van der Waals surface area contributed by atoms with Crippen molar-refractivity contribution in [3.05, 3.63) is 58.9 Å². The lowest BCUT2D eigenvalue weighted by Gasteiger charge is -2.23. The van der Waals surface area contributed by atoms with Crippen LogP contribution in [0.1, 0.15) is 34.7 Å². The summed E-state index contributed by atoms with van der Waals surface area (Å²) < 4.78 is 0. The molecule has 0 spiro atoms. The van der Waals surface area contributed by atoms with E-state index < -0.39 is 0 Å². The molecule has 1 amide bonds. The van der Waals surface area contributed by atoms with E-state index in [2.05, 4.69) is 27.8 Å². The van der Waals surface area contributed by atoms with Crippen LogP contribution in [-0.4, -0.2) is 24.0 Å². The van der Waals surface area contributed by atoms with Gasteiger partial charge in [-0.1, -0.05) is 23.7 Å². The molecule has 3 rings (SSSR count). The summed E-state index contributed by atoms with van der Waals surface area (Å²) in [7, 11) is 0. The summed E-state index contributed by atoms with van der Waals surface area (Å²) in [6, 6.07) is 11.3. The molecule has 1 aliphatic heterocycles. The number of nitrogens with one attached hydrogen (secondary N) is 2. The topological polar surface area (TPSA) is 54.0 Å². The molecule has 1 aliphatic rings. The summed E-state index contributed by atoms with van der Waals surface area (Å²) in [4.78, 5) is 16.0. The first kappa shape index (κ1) is 15.0. The fourth-order valence-corrected chi connectivity index (χ4v) is 2.90. The van der Waals surface area contributed by atoms with Gasteiger partial charge in [0.05, 0.1) is 0 Å². The molecule has 0 bridgehead atoms. The molecular formula is C17H18ClN3O. The molecule has 0 aliphatic carbocycles. The van der Waals surface area contributed by atoms with Crippen LogP contribution in [0, 0.1) is 0 Å². The minimum atomic E-state index is -0.184. The van der Waals surface area contributed by atoms with Gasteiger partial charge in [-0.2, -0.15) is 0 Å². The van der Waals surface area contributed by atoms with Crippen molar-refractivity contribution in [3.63, 3.8) is 0 Å². The molecule has 1 atom stereocenters. The molecule has 0 radical (unpaired) electrons. The molecule has 4 nitrogen and oxygen atoms in total. The highest BCUT2D eigenvalue weighted by Gasteiger charge is 2.15. The van der Waals surface area contributed by atoms with Gasteiger partial charge >= 0.3 is 0 Å². The fourth-order valence-electron chi connectivity index (χ4n) is 2.72. The summed E-state index contributed by atoms with van der Waals surface area (Å²) in [6.45, 7) is 2.14. The molecule has 5 heteroatoms. The molecule has 1 saturated heterocycles. The first-order valence-electron chi connectivity index (χ1n) is 7.46. The second-order valence-electron chi connectivity index (χ2n) is 5.49. The van der Waals surface area contributed by atoms with Crippen LogP contribution in [0.25, 0.3) is 0 Å². The van der Waals surface area contributed by atoms with E-state index in [4.69, 9.17) is 11.6 Å². The average molecular weight is 316 g/mol. The standard InChI is InChI=1S/C17H18ClN3O/c18-16-10-13(7-9-20-16)17(22)21-15-5-3-12(4-6-15)14-2-1-8-19-11-14/h3-7,9-10,14,19H,1-2,8,11H2,(H,21,22). The molecular weight excluding hydrogens is 298 g/mol. The van der Waals surface area contributed by atoms with Gasteiger partial charge in [-0.15, -0.1) is 0 Å². The van der Waals surface area contributed by atoms with Crippen molar-refractivity contribution in [1.82, 2.24) is 10.3 Å². The van der Waals surface area contributed by atoms with Gasteiger partial charge in [0, 0.05) is 24.0 Å². The minimum Gasteiger partial charge on any atom is -0.322 e.